The van der Waals surface area contributed by atoms with E-state index >= 15 is 0 Å². The minimum absolute atomic E-state index is 0.183. The first-order chi connectivity index (χ1) is 15.8. The van der Waals surface area contributed by atoms with E-state index in [0.29, 0.717) is 36.0 Å². The Morgan fingerprint density at radius 1 is 1.06 bits per heavy atom. The third-order valence-corrected chi connectivity index (χ3v) is 7.28. The molecular formula is C25H25N3O4S. The lowest BCUT2D eigenvalue weighted by molar-refractivity contribution is -0.111. The third-order valence-electron chi connectivity index (χ3n) is 5.41. The van der Waals surface area contributed by atoms with Gasteiger partial charge in [-0.05, 0) is 73.4 Å². The van der Waals surface area contributed by atoms with E-state index in [9.17, 15) is 13.2 Å². The Morgan fingerprint density at radius 3 is 2.48 bits per heavy atom. The van der Waals surface area contributed by atoms with Gasteiger partial charge in [0.1, 0.15) is 5.75 Å². The molecule has 2 aromatic carbocycles. The van der Waals surface area contributed by atoms with Gasteiger partial charge in [-0.3, -0.25) is 9.10 Å². The molecule has 33 heavy (non-hydrogen) atoms. The average molecular weight is 464 g/mol. The Kier molecular flexibility index (Phi) is 6.46. The molecule has 0 spiro atoms. The fourth-order valence-electron chi connectivity index (χ4n) is 3.45. The van der Waals surface area contributed by atoms with Gasteiger partial charge in [-0.1, -0.05) is 18.2 Å². The van der Waals surface area contributed by atoms with Crippen LogP contribution >= 0.6 is 0 Å². The highest BCUT2D eigenvalue weighted by molar-refractivity contribution is 7.93. The first-order valence-electron chi connectivity index (χ1n) is 10.6. The summed E-state index contributed by atoms with van der Waals surface area (Å²) in [6.45, 7) is 4.57. The number of nitrogens with one attached hydrogen (secondary N) is 1. The van der Waals surface area contributed by atoms with Crippen LogP contribution in [0.1, 0.15) is 23.1 Å². The van der Waals surface area contributed by atoms with Crippen LogP contribution in [0.4, 0.5) is 11.4 Å². The molecule has 170 valence electrons. The molecule has 0 bridgehead atoms. The van der Waals surface area contributed by atoms with E-state index in [1.807, 2.05) is 32.0 Å². The summed E-state index contributed by atoms with van der Waals surface area (Å²) in [5.74, 6) is 1.03. The van der Waals surface area contributed by atoms with Gasteiger partial charge in [-0.25, -0.2) is 13.4 Å². The Labute approximate surface area is 193 Å². The molecule has 0 aliphatic carbocycles. The highest BCUT2D eigenvalue weighted by atomic mass is 32.2. The Morgan fingerprint density at radius 2 is 1.85 bits per heavy atom. The maximum Gasteiger partial charge on any atom is 0.248 e. The minimum Gasteiger partial charge on any atom is -0.439 e. The van der Waals surface area contributed by atoms with Crippen LogP contribution in [0.3, 0.4) is 0 Å². The zero-order valence-corrected chi connectivity index (χ0v) is 19.3. The van der Waals surface area contributed by atoms with Crippen LogP contribution in [0.2, 0.25) is 0 Å². The van der Waals surface area contributed by atoms with E-state index < -0.39 is 10.0 Å². The van der Waals surface area contributed by atoms with Crippen molar-refractivity contribution in [1.82, 2.24) is 4.98 Å². The molecule has 0 unspecified atom stereocenters. The van der Waals surface area contributed by atoms with Crippen molar-refractivity contribution in [1.29, 1.82) is 0 Å². The van der Waals surface area contributed by atoms with E-state index in [1.165, 1.54) is 22.1 Å². The zero-order chi connectivity index (χ0) is 23.4. The average Bonchev–Trinajstić information content (AvgIpc) is 3.15. The van der Waals surface area contributed by atoms with Crippen LogP contribution < -0.4 is 14.4 Å². The number of sulfonamides is 1. The monoisotopic (exact) mass is 463 g/mol. The van der Waals surface area contributed by atoms with E-state index in [0.717, 1.165) is 11.1 Å². The van der Waals surface area contributed by atoms with Crippen molar-refractivity contribution in [3.05, 3.63) is 83.6 Å². The maximum absolute atomic E-state index is 12.2. The standard InChI is InChI=1S/C25H25N3O4S/c1-18-4-11-23(16-19(18)2)32-25-13-8-21(17-26-25)27-24(29)12-7-20-5-9-22(10-6-20)28-14-3-15-33(28,30)31/h4-13,16-17H,3,14-15H2,1-2H3,(H,27,29). The fourth-order valence-corrected chi connectivity index (χ4v) is 5.01. The molecule has 1 aromatic heterocycles. The van der Waals surface area contributed by atoms with Crippen LogP contribution in [-0.2, 0) is 14.8 Å². The number of aryl methyl sites for hydroxylation is 2. The predicted molar refractivity (Wildman–Crippen MR) is 130 cm³/mol. The zero-order valence-electron chi connectivity index (χ0n) is 18.5. The second-order valence-electron chi connectivity index (χ2n) is 7.89. The number of carbonyl (C=O) groups is 1. The number of carbonyl (C=O) groups excluding carboxylic acids is 1. The van der Waals surface area contributed by atoms with Crippen LogP contribution in [0.5, 0.6) is 11.6 Å². The van der Waals surface area contributed by atoms with Crippen LogP contribution in [0.25, 0.3) is 6.08 Å². The summed E-state index contributed by atoms with van der Waals surface area (Å²) < 4.78 is 31.2. The third kappa shape index (κ3) is 5.59. The molecule has 3 aromatic rings. The number of anilines is 2. The number of nitrogens with zero attached hydrogens (tertiary/aromatic N) is 2. The Balaban J connectivity index is 1.33. The molecule has 1 saturated heterocycles. The summed E-state index contributed by atoms with van der Waals surface area (Å²) in [5, 5.41) is 2.76. The second-order valence-corrected chi connectivity index (χ2v) is 9.90. The van der Waals surface area contributed by atoms with Gasteiger partial charge in [-0.2, -0.15) is 0 Å². The highest BCUT2D eigenvalue weighted by Gasteiger charge is 2.28. The molecule has 1 N–H and O–H groups in total. The normalized spacial score (nSPS) is 15.0. The molecule has 7 nitrogen and oxygen atoms in total. The summed E-state index contributed by atoms with van der Waals surface area (Å²) in [7, 11) is -3.20. The number of hydrogen-bond donors (Lipinski definition) is 1. The van der Waals surface area contributed by atoms with Crippen molar-refractivity contribution < 1.29 is 17.9 Å². The van der Waals surface area contributed by atoms with E-state index in [2.05, 4.69) is 10.3 Å². The molecule has 0 atom stereocenters. The summed E-state index contributed by atoms with van der Waals surface area (Å²) in [5.41, 5.74) is 4.31. The molecule has 1 amide bonds. The summed E-state index contributed by atoms with van der Waals surface area (Å²) in [4.78, 5) is 16.5. The predicted octanol–water partition coefficient (Wildman–Crippen LogP) is 4.68. The number of pyridine rings is 1. The molecule has 4 rings (SSSR count). The second kappa shape index (κ2) is 9.46. The first-order valence-corrected chi connectivity index (χ1v) is 12.2. The van der Waals surface area contributed by atoms with Crippen LogP contribution in [0, 0.1) is 13.8 Å². The summed E-state index contributed by atoms with van der Waals surface area (Å²) >= 11 is 0. The SMILES string of the molecule is Cc1ccc(Oc2ccc(NC(=O)C=Cc3ccc(N4CCCS4(=O)=O)cc3)cn2)cc1C. The summed E-state index contributed by atoms with van der Waals surface area (Å²) in [6, 6.07) is 16.3. The smallest absolute Gasteiger partial charge is 0.248 e. The van der Waals surface area contributed by atoms with E-state index in [4.69, 9.17) is 4.74 Å². The van der Waals surface area contributed by atoms with Gasteiger partial charge in [0.15, 0.2) is 0 Å². The van der Waals surface area contributed by atoms with Crippen molar-refractivity contribution in [2.75, 3.05) is 21.9 Å². The quantitative estimate of drug-likeness (QED) is 0.536. The lowest BCUT2D eigenvalue weighted by Crippen LogP contribution is -2.24. The molecule has 8 heteroatoms. The van der Waals surface area contributed by atoms with Gasteiger partial charge < -0.3 is 10.1 Å². The maximum atomic E-state index is 12.2. The Hall–Kier alpha value is -3.65. The van der Waals surface area contributed by atoms with Crippen molar-refractivity contribution in [3.8, 4) is 11.6 Å². The Bertz CT molecular complexity index is 1280. The topological polar surface area (TPSA) is 88.6 Å². The first kappa shape index (κ1) is 22.5. The van der Waals surface area contributed by atoms with Crippen molar-refractivity contribution in [2.24, 2.45) is 0 Å². The van der Waals surface area contributed by atoms with E-state index in [1.54, 1.807) is 42.5 Å². The van der Waals surface area contributed by atoms with Crippen LogP contribution in [-0.4, -0.2) is 31.6 Å². The van der Waals surface area contributed by atoms with Gasteiger partial charge in [0.05, 0.1) is 23.3 Å². The van der Waals surface area contributed by atoms with Gasteiger partial charge in [0.2, 0.25) is 21.8 Å². The van der Waals surface area contributed by atoms with Crippen molar-refractivity contribution in [2.45, 2.75) is 20.3 Å². The largest absolute Gasteiger partial charge is 0.439 e. The van der Waals surface area contributed by atoms with E-state index in [-0.39, 0.29) is 11.7 Å². The highest BCUT2D eigenvalue weighted by Crippen LogP contribution is 2.25. The molecule has 1 fully saturated rings. The van der Waals surface area contributed by atoms with Gasteiger partial charge >= 0.3 is 0 Å². The lowest BCUT2D eigenvalue weighted by Gasteiger charge is -2.16. The number of benzene rings is 2. The molecule has 2 heterocycles. The molecule has 0 saturated carbocycles. The molecule has 1 aliphatic rings. The molecule has 1 aliphatic heterocycles. The number of rotatable bonds is 6. The number of hydrogen-bond acceptors (Lipinski definition) is 5. The number of amides is 1. The van der Waals surface area contributed by atoms with Crippen molar-refractivity contribution >= 4 is 33.4 Å². The van der Waals surface area contributed by atoms with Gasteiger partial charge in [0.25, 0.3) is 0 Å². The van der Waals surface area contributed by atoms with Gasteiger partial charge in [0, 0.05) is 18.7 Å². The van der Waals surface area contributed by atoms with Crippen LogP contribution in [0.15, 0.2) is 66.9 Å². The fraction of sp³-hybridized carbons (Fsp3) is 0.200. The lowest BCUT2D eigenvalue weighted by atomic mass is 10.1. The van der Waals surface area contributed by atoms with Gasteiger partial charge in [-0.15, -0.1) is 0 Å². The number of aromatic nitrogens is 1. The minimum atomic E-state index is -3.20. The summed E-state index contributed by atoms with van der Waals surface area (Å²) in [6.07, 6.45) is 5.26. The number of ether oxygens (including phenoxy) is 1. The molecular weight excluding hydrogens is 438 g/mol. The molecule has 0 radical (unpaired) electrons. The van der Waals surface area contributed by atoms with Crippen molar-refractivity contribution in [3.63, 3.8) is 0 Å².